The van der Waals surface area contributed by atoms with Crippen molar-refractivity contribution in [2.75, 3.05) is 13.2 Å². The summed E-state index contributed by atoms with van der Waals surface area (Å²) in [4.78, 5) is 17.1. The maximum atomic E-state index is 6.01. The van der Waals surface area contributed by atoms with Crippen molar-refractivity contribution >= 4 is 0 Å². The fourth-order valence-corrected chi connectivity index (χ4v) is 2.92. The molecule has 0 radical (unpaired) electrons. The SMILES string of the molecule is Cc1nccc(-c2cnc(OCC(C)CC(C)CN)c(-c3cnco3)c2)n1. The Morgan fingerprint density at radius 2 is 2.04 bits per heavy atom. The van der Waals surface area contributed by atoms with Crippen LogP contribution in [0.5, 0.6) is 5.88 Å². The Balaban J connectivity index is 1.85. The highest BCUT2D eigenvalue weighted by molar-refractivity contribution is 5.71. The maximum Gasteiger partial charge on any atom is 0.224 e. The molecule has 3 heterocycles. The molecule has 0 amide bonds. The van der Waals surface area contributed by atoms with Gasteiger partial charge in [0.1, 0.15) is 5.82 Å². The number of aryl methyl sites for hydroxylation is 1. The summed E-state index contributed by atoms with van der Waals surface area (Å²) < 4.78 is 11.5. The normalized spacial score (nSPS) is 13.3. The van der Waals surface area contributed by atoms with Gasteiger partial charge < -0.3 is 14.9 Å². The van der Waals surface area contributed by atoms with E-state index in [0.29, 0.717) is 42.5 Å². The molecule has 0 aliphatic carbocycles. The van der Waals surface area contributed by atoms with E-state index in [1.165, 1.54) is 6.39 Å². The van der Waals surface area contributed by atoms with Crippen molar-refractivity contribution in [1.29, 1.82) is 0 Å². The topological polar surface area (TPSA) is 100.0 Å². The fourth-order valence-electron chi connectivity index (χ4n) is 2.92. The first-order valence-electron chi connectivity index (χ1n) is 9.08. The van der Waals surface area contributed by atoms with Crippen molar-refractivity contribution in [2.45, 2.75) is 27.2 Å². The lowest BCUT2D eigenvalue weighted by Crippen LogP contribution is -2.18. The molecule has 3 aromatic heterocycles. The molecule has 0 aromatic carbocycles. The fraction of sp³-hybridized carbons (Fsp3) is 0.400. The molecule has 0 aliphatic rings. The second kappa shape index (κ2) is 8.73. The summed E-state index contributed by atoms with van der Waals surface area (Å²) in [5.41, 5.74) is 8.13. The first-order valence-corrected chi connectivity index (χ1v) is 9.08. The van der Waals surface area contributed by atoms with Gasteiger partial charge in [-0.25, -0.2) is 19.9 Å². The summed E-state index contributed by atoms with van der Waals surface area (Å²) >= 11 is 0. The predicted octanol–water partition coefficient (Wildman–Crippen LogP) is 3.50. The zero-order valence-electron chi connectivity index (χ0n) is 15.9. The van der Waals surface area contributed by atoms with Gasteiger partial charge in [-0.15, -0.1) is 0 Å². The molecular weight excluding hydrogens is 342 g/mol. The lowest BCUT2D eigenvalue weighted by molar-refractivity contribution is 0.230. The number of aromatic nitrogens is 4. The van der Waals surface area contributed by atoms with Gasteiger partial charge in [0, 0.05) is 18.0 Å². The van der Waals surface area contributed by atoms with E-state index in [4.69, 9.17) is 14.9 Å². The standard InChI is InChI=1S/C20H25N5O2/c1-13(8-21)6-14(2)11-26-20-17(19-10-22-12-27-19)7-16(9-24-20)18-4-5-23-15(3)25-18/h4-5,7,9-10,12-14H,6,8,11,21H2,1-3H3. The van der Waals surface area contributed by atoms with Crippen molar-refractivity contribution in [2.24, 2.45) is 17.6 Å². The maximum absolute atomic E-state index is 6.01. The number of hydrogen-bond acceptors (Lipinski definition) is 7. The Bertz CT molecular complexity index is 867. The molecule has 0 aliphatic heterocycles. The Morgan fingerprint density at radius 3 is 2.74 bits per heavy atom. The number of nitrogens with zero attached hydrogens (tertiary/aromatic N) is 4. The van der Waals surface area contributed by atoms with Crippen molar-refractivity contribution < 1.29 is 9.15 Å². The minimum atomic E-state index is 0.372. The Labute approximate surface area is 159 Å². The number of rotatable bonds is 8. The minimum Gasteiger partial charge on any atom is -0.477 e. The Kier molecular flexibility index (Phi) is 6.13. The first kappa shape index (κ1) is 19.0. The van der Waals surface area contributed by atoms with Crippen LogP contribution >= 0.6 is 0 Å². The Hall–Kier alpha value is -2.80. The number of nitrogens with two attached hydrogens (primary N) is 1. The zero-order valence-corrected chi connectivity index (χ0v) is 15.9. The summed E-state index contributed by atoms with van der Waals surface area (Å²) in [6.45, 7) is 7.39. The van der Waals surface area contributed by atoms with E-state index in [-0.39, 0.29) is 0 Å². The lowest BCUT2D eigenvalue weighted by atomic mass is 9.98. The molecule has 3 aromatic rings. The van der Waals surface area contributed by atoms with Crippen molar-refractivity contribution in [1.82, 2.24) is 19.9 Å². The monoisotopic (exact) mass is 367 g/mol. The summed E-state index contributed by atoms with van der Waals surface area (Å²) in [5.74, 6) is 2.67. The second-order valence-electron chi connectivity index (χ2n) is 6.92. The van der Waals surface area contributed by atoms with Gasteiger partial charge in [0.05, 0.1) is 24.1 Å². The number of pyridine rings is 1. The van der Waals surface area contributed by atoms with Crippen LogP contribution < -0.4 is 10.5 Å². The van der Waals surface area contributed by atoms with E-state index in [2.05, 4.69) is 33.8 Å². The molecule has 2 unspecified atom stereocenters. The second-order valence-corrected chi connectivity index (χ2v) is 6.92. The van der Waals surface area contributed by atoms with Gasteiger partial charge >= 0.3 is 0 Å². The van der Waals surface area contributed by atoms with Crippen LogP contribution in [0.2, 0.25) is 0 Å². The molecule has 142 valence electrons. The van der Waals surface area contributed by atoms with Crippen molar-refractivity contribution in [3.63, 3.8) is 0 Å². The van der Waals surface area contributed by atoms with Gasteiger partial charge in [-0.2, -0.15) is 0 Å². The van der Waals surface area contributed by atoms with Crippen LogP contribution in [0.1, 0.15) is 26.1 Å². The van der Waals surface area contributed by atoms with Crippen LogP contribution in [-0.4, -0.2) is 33.1 Å². The van der Waals surface area contributed by atoms with Crippen molar-refractivity contribution in [3.8, 4) is 28.5 Å². The van der Waals surface area contributed by atoms with Crippen LogP contribution in [0.4, 0.5) is 0 Å². The Morgan fingerprint density at radius 1 is 1.19 bits per heavy atom. The minimum absolute atomic E-state index is 0.372. The molecule has 0 bridgehead atoms. The van der Waals surface area contributed by atoms with E-state index >= 15 is 0 Å². The highest BCUT2D eigenvalue weighted by Gasteiger charge is 2.16. The third kappa shape index (κ3) is 4.89. The molecule has 7 heteroatoms. The highest BCUT2D eigenvalue weighted by atomic mass is 16.5. The van der Waals surface area contributed by atoms with Gasteiger partial charge in [0.2, 0.25) is 5.88 Å². The van der Waals surface area contributed by atoms with Crippen LogP contribution in [0, 0.1) is 18.8 Å². The highest BCUT2D eigenvalue weighted by Crippen LogP contribution is 2.32. The van der Waals surface area contributed by atoms with Gasteiger partial charge in [-0.05, 0) is 43.9 Å². The molecule has 0 spiro atoms. The largest absolute Gasteiger partial charge is 0.477 e. The molecule has 2 atom stereocenters. The molecular formula is C20H25N5O2. The van der Waals surface area contributed by atoms with E-state index < -0.39 is 0 Å². The summed E-state index contributed by atoms with van der Waals surface area (Å²) in [5, 5.41) is 0. The van der Waals surface area contributed by atoms with Crippen molar-refractivity contribution in [3.05, 3.63) is 42.9 Å². The number of oxazole rings is 1. The van der Waals surface area contributed by atoms with Crippen LogP contribution in [-0.2, 0) is 0 Å². The van der Waals surface area contributed by atoms with E-state index in [1.807, 2.05) is 19.1 Å². The van der Waals surface area contributed by atoms with Gasteiger partial charge in [-0.1, -0.05) is 13.8 Å². The number of hydrogen-bond donors (Lipinski definition) is 1. The third-order valence-electron chi connectivity index (χ3n) is 4.33. The number of ether oxygens (including phenoxy) is 1. The van der Waals surface area contributed by atoms with Crippen LogP contribution in [0.15, 0.2) is 41.5 Å². The third-order valence-corrected chi connectivity index (χ3v) is 4.33. The molecule has 0 fully saturated rings. The van der Waals surface area contributed by atoms with Crippen LogP contribution in [0.3, 0.4) is 0 Å². The molecule has 2 N–H and O–H groups in total. The summed E-state index contributed by atoms with van der Waals surface area (Å²) in [6, 6.07) is 3.81. The molecule has 3 rings (SSSR count). The molecule has 7 nitrogen and oxygen atoms in total. The average molecular weight is 367 g/mol. The zero-order chi connectivity index (χ0) is 19.2. The molecule has 0 saturated heterocycles. The quantitative estimate of drug-likeness (QED) is 0.650. The van der Waals surface area contributed by atoms with E-state index in [0.717, 1.165) is 23.2 Å². The first-order chi connectivity index (χ1) is 13.1. The smallest absolute Gasteiger partial charge is 0.224 e. The van der Waals surface area contributed by atoms with E-state index in [1.54, 1.807) is 18.6 Å². The molecule has 27 heavy (non-hydrogen) atoms. The van der Waals surface area contributed by atoms with Gasteiger partial charge in [0.25, 0.3) is 0 Å². The summed E-state index contributed by atoms with van der Waals surface area (Å²) in [6.07, 6.45) is 7.54. The van der Waals surface area contributed by atoms with E-state index in [9.17, 15) is 0 Å². The average Bonchev–Trinajstić information content (AvgIpc) is 3.20. The van der Waals surface area contributed by atoms with Gasteiger partial charge in [0.15, 0.2) is 12.2 Å². The lowest BCUT2D eigenvalue weighted by Gasteiger charge is -2.17. The molecule has 0 saturated carbocycles. The van der Waals surface area contributed by atoms with Crippen LogP contribution in [0.25, 0.3) is 22.6 Å². The predicted molar refractivity (Wildman–Crippen MR) is 103 cm³/mol. The summed E-state index contributed by atoms with van der Waals surface area (Å²) in [7, 11) is 0. The van der Waals surface area contributed by atoms with Gasteiger partial charge in [-0.3, -0.25) is 0 Å².